The smallest absolute Gasteiger partial charge is 0.239 e. The molecule has 0 bridgehead atoms. The van der Waals surface area contributed by atoms with Crippen LogP contribution >= 0.6 is 0 Å². The highest BCUT2D eigenvalue weighted by molar-refractivity contribution is 5.81. The molecule has 1 N–H and O–H groups in total. The second-order valence-corrected chi connectivity index (χ2v) is 7.20. The van der Waals surface area contributed by atoms with Gasteiger partial charge in [-0.25, -0.2) is 0 Å². The van der Waals surface area contributed by atoms with Crippen LogP contribution in [0, 0.1) is 5.92 Å². The first-order valence-corrected chi connectivity index (χ1v) is 9.19. The van der Waals surface area contributed by atoms with Gasteiger partial charge in [0, 0.05) is 36.9 Å². The van der Waals surface area contributed by atoms with Gasteiger partial charge in [-0.1, -0.05) is 6.92 Å². The second kappa shape index (κ2) is 7.04. The van der Waals surface area contributed by atoms with Crippen LogP contribution in [0.25, 0.3) is 0 Å². The van der Waals surface area contributed by atoms with Crippen LogP contribution in [-0.2, 0) is 17.8 Å². The van der Waals surface area contributed by atoms with Crippen LogP contribution in [0.2, 0.25) is 0 Å². The van der Waals surface area contributed by atoms with Gasteiger partial charge in [-0.3, -0.25) is 14.8 Å². The summed E-state index contributed by atoms with van der Waals surface area (Å²) in [5.74, 6) is 1.01. The van der Waals surface area contributed by atoms with Crippen molar-refractivity contribution in [1.29, 1.82) is 0 Å². The van der Waals surface area contributed by atoms with Gasteiger partial charge in [0.25, 0.3) is 0 Å². The Labute approximate surface area is 139 Å². The van der Waals surface area contributed by atoms with Crippen LogP contribution in [0.15, 0.2) is 6.20 Å². The Kier molecular flexibility index (Phi) is 5.05. The van der Waals surface area contributed by atoms with Crippen LogP contribution in [0.5, 0.6) is 0 Å². The van der Waals surface area contributed by atoms with E-state index >= 15 is 0 Å². The molecule has 23 heavy (non-hydrogen) atoms. The molecule has 1 aromatic rings. The summed E-state index contributed by atoms with van der Waals surface area (Å²) in [4.78, 5) is 14.7. The van der Waals surface area contributed by atoms with Crippen molar-refractivity contribution >= 4 is 5.91 Å². The molecular formula is C18H30N4O. The first kappa shape index (κ1) is 16.5. The first-order valence-electron chi connectivity index (χ1n) is 9.19. The van der Waals surface area contributed by atoms with E-state index in [0.717, 1.165) is 51.2 Å². The maximum atomic E-state index is 12.7. The second-order valence-electron chi connectivity index (χ2n) is 7.20. The molecule has 2 atom stereocenters. The van der Waals surface area contributed by atoms with Gasteiger partial charge >= 0.3 is 0 Å². The number of fused-ring (bicyclic) bond motifs is 1. The highest BCUT2D eigenvalue weighted by atomic mass is 16.2. The molecule has 0 spiro atoms. The lowest BCUT2D eigenvalue weighted by molar-refractivity contribution is -0.134. The summed E-state index contributed by atoms with van der Waals surface area (Å²) in [5.41, 5.74) is 2.65. The summed E-state index contributed by atoms with van der Waals surface area (Å²) >= 11 is 0. The third-order valence-corrected chi connectivity index (χ3v) is 5.48. The quantitative estimate of drug-likeness (QED) is 0.928. The van der Waals surface area contributed by atoms with E-state index in [1.807, 2.05) is 18.0 Å². The van der Waals surface area contributed by atoms with E-state index < -0.39 is 0 Å². The van der Waals surface area contributed by atoms with Crippen LogP contribution in [0.3, 0.4) is 0 Å². The van der Waals surface area contributed by atoms with Crippen molar-refractivity contribution in [2.24, 2.45) is 5.92 Å². The molecule has 1 saturated heterocycles. The molecule has 1 aromatic heterocycles. The molecule has 1 fully saturated rings. The van der Waals surface area contributed by atoms with Gasteiger partial charge in [0.1, 0.15) is 0 Å². The predicted molar refractivity (Wildman–Crippen MR) is 91.2 cm³/mol. The van der Waals surface area contributed by atoms with Crippen LogP contribution in [0.4, 0.5) is 0 Å². The number of rotatable bonds is 4. The number of likely N-dealkylation sites (tertiary alicyclic amines) is 1. The average molecular weight is 318 g/mol. The van der Waals surface area contributed by atoms with E-state index in [4.69, 9.17) is 0 Å². The Morgan fingerprint density at radius 3 is 2.83 bits per heavy atom. The number of aromatic nitrogens is 2. The third kappa shape index (κ3) is 3.44. The number of aryl methyl sites for hydroxylation is 1. The van der Waals surface area contributed by atoms with Gasteiger partial charge in [-0.05, 0) is 51.9 Å². The SMILES string of the molecule is CCn1ncc2c1CCC[C@H]2N[C@H](C)C(=O)N1CCC(C)CC1. The zero-order chi connectivity index (χ0) is 16.4. The Morgan fingerprint density at radius 2 is 2.13 bits per heavy atom. The molecule has 128 valence electrons. The van der Waals surface area contributed by atoms with Gasteiger partial charge < -0.3 is 4.90 Å². The monoisotopic (exact) mass is 318 g/mol. The van der Waals surface area contributed by atoms with E-state index in [9.17, 15) is 4.79 Å². The number of hydrogen-bond acceptors (Lipinski definition) is 3. The summed E-state index contributed by atoms with van der Waals surface area (Å²) < 4.78 is 2.10. The Hall–Kier alpha value is -1.36. The predicted octanol–water partition coefficient (Wildman–Crippen LogP) is 2.52. The highest BCUT2D eigenvalue weighted by Gasteiger charge is 2.29. The number of carbonyl (C=O) groups is 1. The lowest BCUT2D eigenvalue weighted by Gasteiger charge is -2.34. The summed E-state index contributed by atoms with van der Waals surface area (Å²) in [5, 5.41) is 8.07. The van der Waals surface area contributed by atoms with Crippen molar-refractivity contribution in [2.75, 3.05) is 13.1 Å². The summed E-state index contributed by atoms with van der Waals surface area (Å²) in [6.07, 6.45) is 7.63. The fourth-order valence-corrected chi connectivity index (χ4v) is 3.94. The molecular weight excluding hydrogens is 288 g/mol. The third-order valence-electron chi connectivity index (χ3n) is 5.48. The van der Waals surface area contributed by atoms with Crippen molar-refractivity contribution in [3.8, 4) is 0 Å². The van der Waals surface area contributed by atoms with Gasteiger partial charge in [0.05, 0.1) is 12.2 Å². The molecule has 5 nitrogen and oxygen atoms in total. The minimum atomic E-state index is -0.121. The van der Waals surface area contributed by atoms with Gasteiger partial charge in [-0.2, -0.15) is 5.10 Å². The maximum Gasteiger partial charge on any atom is 0.239 e. The Morgan fingerprint density at radius 1 is 1.39 bits per heavy atom. The molecule has 5 heteroatoms. The van der Waals surface area contributed by atoms with E-state index in [0.29, 0.717) is 0 Å². The molecule has 1 amide bonds. The van der Waals surface area contributed by atoms with E-state index in [1.54, 1.807) is 0 Å². The zero-order valence-electron chi connectivity index (χ0n) is 14.7. The minimum Gasteiger partial charge on any atom is -0.341 e. The molecule has 2 aliphatic rings. The van der Waals surface area contributed by atoms with Crippen molar-refractivity contribution in [3.05, 3.63) is 17.5 Å². The number of nitrogens with zero attached hydrogens (tertiary/aromatic N) is 3. The van der Waals surface area contributed by atoms with Crippen LogP contribution < -0.4 is 5.32 Å². The Balaban J connectivity index is 1.63. The highest BCUT2D eigenvalue weighted by Crippen LogP contribution is 2.30. The number of piperidine rings is 1. The van der Waals surface area contributed by atoms with Gasteiger partial charge in [-0.15, -0.1) is 0 Å². The van der Waals surface area contributed by atoms with Crippen molar-refractivity contribution in [1.82, 2.24) is 20.0 Å². The van der Waals surface area contributed by atoms with Crippen molar-refractivity contribution in [3.63, 3.8) is 0 Å². The molecule has 1 aliphatic carbocycles. The first-order chi connectivity index (χ1) is 11.1. The lowest BCUT2D eigenvalue weighted by Crippen LogP contribution is -2.48. The van der Waals surface area contributed by atoms with Crippen molar-refractivity contribution < 1.29 is 4.79 Å². The van der Waals surface area contributed by atoms with Crippen LogP contribution in [0.1, 0.15) is 63.8 Å². The molecule has 0 saturated carbocycles. The summed E-state index contributed by atoms with van der Waals surface area (Å²) in [6, 6.07) is 0.144. The zero-order valence-corrected chi connectivity index (χ0v) is 14.7. The fourth-order valence-electron chi connectivity index (χ4n) is 3.94. The maximum absolute atomic E-state index is 12.7. The average Bonchev–Trinajstić information content (AvgIpc) is 2.99. The molecule has 0 unspecified atom stereocenters. The topological polar surface area (TPSA) is 50.2 Å². The normalized spacial score (nSPS) is 23.6. The van der Waals surface area contributed by atoms with E-state index in [2.05, 4.69) is 28.9 Å². The van der Waals surface area contributed by atoms with E-state index in [-0.39, 0.29) is 18.0 Å². The van der Waals surface area contributed by atoms with Crippen LogP contribution in [-0.4, -0.2) is 39.7 Å². The van der Waals surface area contributed by atoms with Gasteiger partial charge in [0.15, 0.2) is 0 Å². The Bertz CT molecular complexity index is 545. The summed E-state index contributed by atoms with van der Waals surface area (Å²) in [6.45, 7) is 9.17. The number of nitrogens with one attached hydrogen (secondary N) is 1. The van der Waals surface area contributed by atoms with Crippen molar-refractivity contribution in [2.45, 2.75) is 71.5 Å². The van der Waals surface area contributed by atoms with E-state index in [1.165, 1.54) is 17.7 Å². The molecule has 2 heterocycles. The lowest BCUT2D eigenvalue weighted by atomic mass is 9.92. The largest absolute Gasteiger partial charge is 0.341 e. The van der Waals surface area contributed by atoms with Gasteiger partial charge in [0.2, 0.25) is 5.91 Å². The number of carbonyl (C=O) groups excluding carboxylic acids is 1. The number of amides is 1. The molecule has 1 aliphatic heterocycles. The molecule has 0 radical (unpaired) electrons. The molecule has 3 rings (SSSR count). The standard InChI is InChI=1S/C18H30N4O/c1-4-22-17-7-5-6-16(15(17)12-19-22)20-14(3)18(23)21-10-8-13(2)9-11-21/h12-14,16,20H,4-11H2,1-3H3/t14-,16-/m1/s1. The minimum absolute atomic E-state index is 0.121. The fraction of sp³-hybridized carbons (Fsp3) is 0.778. The summed E-state index contributed by atoms with van der Waals surface area (Å²) in [7, 11) is 0. The molecule has 0 aromatic carbocycles. The number of hydrogen-bond donors (Lipinski definition) is 1.